The largest absolute Gasteiger partial charge is 0.432 e. The first-order chi connectivity index (χ1) is 11.0. The number of halogens is 3. The van der Waals surface area contributed by atoms with Gasteiger partial charge < -0.3 is 10.1 Å². The number of ether oxygens (including phenoxy) is 1. The highest BCUT2D eigenvalue weighted by Gasteiger charge is 2.11. The number of hydrogen-bond donors (Lipinski definition) is 1. The molecule has 0 heterocycles. The Balaban J connectivity index is 2.00. The molecule has 1 N–H and O–H groups in total. The maximum atomic E-state index is 13.6. The Morgan fingerprint density at radius 2 is 2.00 bits per heavy atom. The van der Waals surface area contributed by atoms with E-state index in [-0.39, 0.29) is 6.04 Å². The van der Waals surface area contributed by atoms with Gasteiger partial charge in [0.25, 0.3) is 0 Å². The topological polar surface area (TPSA) is 45.0 Å². The van der Waals surface area contributed by atoms with Gasteiger partial charge in [-0.15, -0.1) is 0 Å². The van der Waals surface area contributed by atoms with Crippen LogP contribution in [0, 0.1) is 17.1 Å². The Morgan fingerprint density at radius 1 is 1.22 bits per heavy atom. The van der Waals surface area contributed by atoms with Crippen LogP contribution in [0.15, 0.2) is 42.5 Å². The Kier molecular flexibility index (Phi) is 5.61. The van der Waals surface area contributed by atoms with Crippen molar-refractivity contribution in [1.82, 2.24) is 5.32 Å². The molecule has 2 rings (SSSR count). The lowest BCUT2D eigenvalue weighted by molar-refractivity contribution is -0.0522. The van der Waals surface area contributed by atoms with Gasteiger partial charge >= 0.3 is 6.61 Å². The van der Waals surface area contributed by atoms with E-state index >= 15 is 0 Å². The lowest BCUT2D eigenvalue weighted by atomic mass is 10.1. The van der Waals surface area contributed by atoms with Crippen LogP contribution in [0.2, 0.25) is 0 Å². The lowest BCUT2D eigenvalue weighted by Crippen LogP contribution is -2.18. The third-order valence-electron chi connectivity index (χ3n) is 3.34. The summed E-state index contributed by atoms with van der Waals surface area (Å²) in [5.41, 5.74) is 2.10. The SMILES string of the molecule is C[C@H](NCc1ccc(OC(F)F)c(F)c1)c1cccc(C#N)c1. The predicted molar refractivity (Wildman–Crippen MR) is 79.4 cm³/mol. The van der Waals surface area contributed by atoms with Gasteiger partial charge in [0.15, 0.2) is 11.6 Å². The first-order valence-electron chi connectivity index (χ1n) is 6.96. The van der Waals surface area contributed by atoms with E-state index in [9.17, 15) is 13.2 Å². The number of rotatable bonds is 6. The molecule has 0 aliphatic carbocycles. The van der Waals surface area contributed by atoms with E-state index in [4.69, 9.17) is 5.26 Å². The normalized spacial score (nSPS) is 12.0. The maximum Gasteiger partial charge on any atom is 0.387 e. The van der Waals surface area contributed by atoms with E-state index in [1.807, 2.05) is 13.0 Å². The van der Waals surface area contributed by atoms with Gasteiger partial charge in [0, 0.05) is 12.6 Å². The Morgan fingerprint density at radius 3 is 2.65 bits per heavy atom. The zero-order valence-corrected chi connectivity index (χ0v) is 12.4. The highest BCUT2D eigenvalue weighted by molar-refractivity contribution is 5.34. The van der Waals surface area contributed by atoms with Crippen molar-refractivity contribution in [3.8, 4) is 11.8 Å². The maximum absolute atomic E-state index is 13.6. The quantitative estimate of drug-likeness (QED) is 0.869. The van der Waals surface area contributed by atoms with Gasteiger partial charge in [-0.25, -0.2) is 4.39 Å². The fraction of sp³-hybridized carbons (Fsp3) is 0.235. The summed E-state index contributed by atoms with van der Waals surface area (Å²) in [6.07, 6.45) is 0. The number of hydrogen-bond acceptors (Lipinski definition) is 3. The molecule has 120 valence electrons. The number of benzene rings is 2. The molecular weight excluding hydrogens is 305 g/mol. The van der Waals surface area contributed by atoms with Crippen LogP contribution in [0.3, 0.4) is 0 Å². The zero-order valence-electron chi connectivity index (χ0n) is 12.4. The fourth-order valence-corrected chi connectivity index (χ4v) is 2.11. The van der Waals surface area contributed by atoms with Gasteiger partial charge in [0.1, 0.15) is 0 Å². The van der Waals surface area contributed by atoms with E-state index in [1.54, 1.807) is 18.2 Å². The molecule has 0 unspecified atom stereocenters. The van der Waals surface area contributed by atoms with E-state index < -0.39 is 18.2 Å². The molecule has 0 saturated heterocycles. The van der Waals surface area contributed by atoms with Crippen LogP contribution in [0.4, 0.5) is 13.2 Å². The van der Waals surface area contributed by atoms with Crippen LogP contribution in [0.1, 0.15) is 29.7 Å². The van der Waals surface area contributed by atoms with Crippen LogP contribution < -0.4 is 10.1 Å². The van der Waals surface area contributed by atoms with Gasteiger partial charge in [-0.2, -0.15) is 14.0 Å². The number of nitriles is 1. The summed E-state index contributed by atoms with van der Waals surface area (Å²) < 4.78 is 41.9. The Labute approximate surface area is 132 Å². The number of nitrogens with one attached hydrogen (secondary N) is 1. The standard InChI is InChI=1S/C17H15F3N2O/c1-11(14-4-2-3-12(7-14)9-21)22-10-13-5-6-16(15(18)8-13)23-17(19)20/h2-8,11,17,22H,10H2,1H3/t11-/m0/s1. The summed E-state index contributed by atoms with van der Waals surface area (Å²) in [4.78, 5) is 0. The first kappa shape index (κ1) is 16.8. The lowest BCUT2D eigenvalue weighted by Gasteiger charge is -2.15. The molecular formula is C17H15F3N2O. The predicted octanol–water partition coefficient (Wildman–Crippen LogP) is 4.15. The van der Waals surface area contributed by atoms with Crippen LogP contribution in [0.5, 0.6) is 5.75 Å². The minimum absolute atomic E-state index is 0.0525. The van der Waals surface area contributed by atoms with Crippen molar-refractivity contribution in [3.05, 3.63) is 65.0 Å². The fourth-order valence-electron chi connectivity index (χ4n) is 2.11. The minimum atomic E-state index is -3.05. The van der Waals surface area contributed by atoms with Crippen molar-refractivity contribution in [2.45, 2.75) is 26.1 Å². The molecule has 0 aromatic heterocycles. The van der Waals surface area contributed by atoms with Crippen LogP contribution >= 0.6 is 0 Å². The zero-order chi connectivity index (χ0) is 16.8. The van der Waals surface area contributed by atoms with E-state index in [2.05, 4.69) is 16.1 Å². The summed E-state index contributed by atoms with van der Waals surface area (Å²) in [6, 6.07) is 13.0. The average molecular weight is 320 g/mol. The van der Waals surface area contributed by atoms with Crippen molar-refractivity contribution in [3.63, 3.8) is 0 Å². The molecule has 6 heteroatoms. The average Bonchev–Trinajstić information content (AvgIpc) is 2.54. The number of nitrogens with zero attached hydrogens (tertiary/aromatic N) is 1. The van der Waals surface area contributed by atoms with Crippen LogP contribution in [-0.4, -0.2) is 6.61 Å². The van der Waals surface area contributed by atoms with Crippen LogP contribution in [-0.2, 0) is 6.54 Å². The van der Waals surface area contributed by atoms with Crippen LogP contribution in [0.25, 0.3) is 0 Å². The minimum Gasteiger partial charge on any atom is -0.432 e. The summed E-state index contributed by atoms with van der Waals surface area (Å²) in [5.74, 6) is -1.30. The molecule has 23 heavy (non-hydrogen) atoms. The molecule has 2 aromatic rings. The molecule has 0 bridgehead atoms. The van der Waals surface area contributed by atoms with Gasteiger partial charge in [0.2, 0.25) is 0 Å². The Bertz CT molecular complexity index is 713. The van der Waals surface area contributed by atoms with Gasteiger partial charge in [-0.3, -0.25) is 0 Å². The Hall–Kier alpha value is -2.52. The summed E-state index contributed by atoms with van der Waals surface area (Å²) in [6.45, 7) is -0.786. The van der Waals surface area contributed by atoms with E-state index in [0.717, 1.165) is 11.6 Å². The first-order valence-corrected chi connectivity index (χ1v) is 6.96. The molecule has 0 fully saturated rings. The summed E-state index contributed by atoms with van der Waals surface area (Å²) in [7, 11) is 0. The van der Waals surface area contributed by atoms with Crippen molar-refractivity contribution in [2.24, 2.45) is 0 Å². The van der Waals surface area contributed by atoms with Gasteiger partial charge in [-0.05, 0) is 42.3 Å². The smallest absolute Gasteiger partial charge is 0.387 e. The molecule has 0 aliphatic rings. The molecule has 1 atom stereocenters. The highest BCUT2D eigenvalue weighted by atomic mass is 19.3. The van der Waals surface area contributed by atoms with Crippen molar-refractivity contribution in [1.29, 1.82) is 5.26 Å². The molecule has 0 amide bonds. The van der Waals surface area contributed by atoms with Crippen molar-refractivity contribution >= 4 is 0 Å². The summed E-state index contributed by atoms with van der Waals surface area (Å²) >= 11 is 0. The molecule has 3 nitrogen and oxygen atoms in total. The molecule has 0 aliphatic heterocycles. The van der Waals surface area contributed by atoms with Crippen molar-refractivity contribution in [2.75, 3.05) is 0 Å². The third kappa shape index (κ3) is 4.73. The van der Waals surface area contributed by atoms with E-state index in [0.29, 0.717) is 17.7 Å². The third-order valence-corrected chi connectivity index (χ3v) is 3.34. The second-order valence-electron chi connectivity index (χ2n) is 4.98. The second kappa shape index (κ2) is 7.65. The monoisotopic (exact) mass is 320 g/mol. The number of alkyl halides is 2. The van der Waals surface area contributed by atoms with Crippen molar-refractivity contribution < 1.29 is 17.9 Å². The van der Waals surface area contributed by atoms with Gasteiger partial charge in [-0.1, -0.05) is 18.2 Å². The molecule has 0 saturated carbocycles. The summed E-state index contributed by atoms with van der Waals surface area (Å²) in [5, 5.41) is 12.1. The molecule has 0 radical (unpaired) electrons. The van der Waals surface area contributed by atoms with E-state index in [1.165, 1.54) is 12.1 Å². The second-order valence-corrected chi connectivity index (χ2v) is 4.98. The highest BCUT2D eigenvalue weighted by Crippen LogP contribution is 2.21. The molecule has 0 spiro atoms. The molecule has 2 aromatic carbocycles. The van der Waals surface area contributed by atoms with Gasteiger partial charge in [0.05, 0.1) is 11.6 Å².